The molecular weight excluding hydrogens is 280 g/mol. The van der Waals surface area contributed by atoms with Gasteiger partial charge in [-0.1, -0.05) is 12.1 Å². The van der Waals surface area contributed by atoms with Crippen LogP contribution in [0, 0.1) is 11.3 Å². The molecule has 0 aromatic heterocycles. The molecule has 0 spiro atoms. The van der Waals surface area contributed by atoms with Crippen molar-refractivity contribution < 1.29 is 17.9 Å². The van der Waals surface area contributed by atoms with Gasteiger partial charge in [-0.15, -0.1) is 0 Å². The Labute approximate surface area is 118 Å². The van der Waals surface area contributed by atoms with E-state index < -0.39 is 16.1 Å². The molecule has 0 heterocycles. The average molecular weight is 296 g/mol. The minimum atomic E-state index is -3.65. The third-order valence-corrected chi connectivity index (χ3v) is 4.17. The largest absolute Gasteiger partial charge is 0.469 e. The topological polar surface area (TPSA) is 96.3 Å². The lowest BCUT2D eigenvalue weighted by molar-refractivity contribution is -0.139. The molecular formula is C13H16N2O4S. The molecule has 1 atom stereocenters. The Kier molecular flexibility index (Phi) is 5.67. The lowest BCUT2D eigenvalue weighted by atomic mass is 10.2. The number of hydrogen-bond acceptors (Lipinski definition) is 5. The molecule has 7 heteroatoms. The van der Waals surface area contributed by atoms with Crippen LogP contribution in [0.25, 0.3) is 0 Å². The maximum Gasteiger partial charge on any atom is 0.309 e. The summed E-state index contributed by atoms with van der Waals surface area (Å²) in [6, 6.07) is 7.39. The maximum atomic E-state index is 12.0. The number of carbonyl (C=O) groups excluding carboxylic acids is 1. The number of nitriles is 1. The van der Waals surface area contributed by atoms with Gasteiger partial charge < -0.3 is 4.74 Å². The van der Waals surface area contributed by atoms with Gasteiger partial charge in [0.2, 0.25) is 10.0 Å². The molecule has 1 rings (SSSR count). The van der Waals surface area contributed by atoms with Gasteiger partial charge >= 0.3 is 5.97 Å². The molecule has 1 N–H and O–H groups in total. The number of esters is 1. The zero-order chi connectivity index (χ0) is 15.2. The number of rotatable bonds is 6. The van der Waals surface area contributed by atoms with E-state index >= 15 is 0 Å². The van der Waals surface area contributed by atoms with Crippen molar-refractivity contribution in [1.82, 2.24) is 4.72 Å². The van der Waals surface area contributed by atoms with Gasteiger partial charge in [0.15, 0.2) is 0 Å². The smallest absolute Gasteiger partial charge is 0.309 e. The van der Waals surface area contributed by atoms with Crippen LogP contribution in [0.3, 0.4) is 0 Å². The summed E-state index contributed by atoms with van der Waals surface area (Å²) in [4.78, 5) is 11.2. The van der Waals surface area contributed by atoms with Gasteiger partial charge in [-0.2, -0.15) is 5.26 Å². The Hall–Kier alpha value is -1.91. The van der Waals surface area contributed by atoms with Crippen LogP contribution < -0.4 is 4.72 Å². The molecule has 6 nitrogen and oxygen atoms in total. The number of methoxy groups -OCH3 is 1. The predicted octanol–water partition coefficient (Wildman–Crippen LogP) is 0.983. The summed E-state index contributed by atoms with van der Waals surface area (Å²) < 4.78 is 30.9. The summed E-state index contributed by atoms with van der Waals surface area (Å²) in [7, 11) is -2.36. The quantitative estimate of drug-likeness (QED) is 0.789. The third kappa shape index (κ3) is 4.64. The van der Waals surface area contributed by atoms with Crippen LogP contribution in [0.15, 0.2) is 29.2 Å². The number of carbonyl (C=O) groups is 1. The molecule has 0 aliphatic carbocycles. The van der Waals surface area contributed by atoms with Crippen molar-refractivity contribution >= 4 is 16.0 Å². The number of nitrogens with one attached hydrogen (secondary N) is 1. The van der Waals surface area contributed by atoms with E-state index in [2.05, 4.69) is 9.46 Å². The van der Waals surface area contributed by atoms with Gasteiger partial charge in [0.05, 0.1) is 30.9 Å². The molecule has 20 heavy (non-hydrogen) atoms. The van der Waals surface area contributed by atoms with Gasteiger partial charge in [-0.3, -0.25) is 4.79 Å². The second-order valence-electron chi connectivity index (χ2n) is 4.28. The highest BCUT2D eigenvalue weighted by molar-refractivity contribution is 7.89. The molecule has 0 saturated carbocycles. The highest BCUT2D eigenvalue weighted by Crippen LogP contribution is 2.12. The minimum absolute atomic E-state index is 0.0924. The molecule has 0 fully saturated rings. The van der Waals surface area contributed by atoms with Crippen LogP contribution in [-0.2, 0) is 26.0 Å². The average Bonchev–Trinajstić information content (AvgIpc) is 2.38. The third-order valence-electron chi connectivity index (χ3n) is 2.56. The SMILES string of the molecule is COC(=O)Cc1ccc(S(=O)(=O)NC(C)CC#N)cc1. The standard InChI is InChI=1S/C13H16N2O4S/c1-10(7-8-14)15-20(17,18)12-5-3-11(4-6-12)9-13(16)19-2/h3-6,10,15H,7,9H2,1-2H3. The first-order valence-corrected chi connectivity index (χ1v) is 7.42. The molecule has 1 unspecified atom stereocenters. The lowest BCUT2D eigenvalue weighted by Gasteiger charge is -2.11. The molecule has 0 aliphatic heterocycles. The number of ether oxygens (including phenoxy) is 1. The molecule has 1 aromatic rings. The van der Waals surface area contributed by atoms with Gasteiger partial charge in [0.1, 0.15) is 0 Å². The van der Waals surface area contributed by atoms with E-state index in [1.807, 2.05) is 6.07 Å². The second kappa shape index (κ2) is 7.03. The summed E-state index contributed by atoms with van der Waals surface area (Å²) in [5.74, 6) is -0.388. The summed E-state index contributed by atoms with van der Waals surface area (Å²) in [5, 5.41) is 8.52. The van der Waals surface area contributed by atoms with Gasteiger partial charge in [-0.25, -0.2) is 13.1 Å². The van der Waals surface area contributed by atoms with Gasteiger partial charge in [0, 0.05) is 6.04 Å². The first-order chi connectivity index (χ1) is 9.39. The van der Waals surface area contributed by atoms with Crippen LogP contribution in [0.1, 0.15) is 18.9 Å². The number of sulfonamides is 1. The van der Waals surface area contributed by atoms with E-state index in [1.165, 1.54) is 19.2 Å². The first-order valence-electron chi connectivity index (χ1n) is 5.94. The lowest BCUT2D eigenvalue weighted by Crippen LogP contribution is -2.32. The Morgan fingerprint density at radius 3 is 2.50 bits per heavy atom. The minimum Gasteiger partial charge on any atom is -0.469 e. The van der Waals surface area contributed by atoms with Crippen molar-refractivity contribution in [3.8, 4) is 6.07 Å². The molecule has 0 saturated heterocycles. The van der Waals surface area contributed by atoms with E-state index in [-0.39, 0.29) is 23.7 Å². The normalized spacial score (nSPS) is 12.4. The summed E-state index contributed by atoms with van der Waals surface area (Å²) >= 11 is 0. The van der Waals surface area contributed by atoms with Crippen molar-refractivity contribution in [2.75, 3.05) is 7.11 Å². The Morgan fingerprint density at radius 2 is 2.00 bits per heavy atom. The number of benzene rings is 1. The Morgan fingerprint density at radius 1 is 1.40 bits per heavy atom. The fourth-order valence-corrected chi connectivity index (χ4v) is 2.78. The van der Waals surface area contributed by atoms with Crippen molar-refractivity contribution in [2.24, 2.45) is 0 Å². The van der Waals surface area contributed by atoms with E-state index in [0.29, 0.717) is 5.56 Å². The monoisotopic (exact) mass is 296 g/mol. The summed E-state index contributed by atoms with van der Waals surface area (Å²) in [6.07, 6.45) is 0.189. The van der Waals surface area contributed by atoms with Crippen molar-refractivity contribution in [1.29, 1.82) is 5.26 Å². The number of nitrogens with zero attached hydrogens (tertiary/aromatic N) is 1. The van der Waals surface area contributed by atoms with Crippen molar-refractivity contribution in [3.63, 3.8) is 0 Å². The van der Waals surface area contributed by atoms with Crippen LogP contribution in [0.4, 0.5) is 0 Å². The second-order valence-corrected chi connectivity index (χ2v) is 6.00. The van der Waals surface area contributed by atoms with E-state index in [1.54, 1.807) is 19.1 Å². The van der Waals surface area contributed by atoms with Crippen LogP contribution in [0.2, 0.25) is 0 Å². The fourth-order valence-electron chi connectivity index (χ4n) is 1.54. The predicted molar refractivity (Wildman–Crippen MR) is 72.2 cm³/mol. The van der Waals surface area contributed by atoms with Crippen molar-refractivity contribution in [2.45, 2.75) is 30.7 Å². The van der Waals surface area contributed by atoms with Crippen molar-refractivity contribution in [3.05, 3.63) is 29.8 Å². The van der Waals surface area contributed by atoms with Crippen LogP contribution in [-0.4, -0.2) is 27.5 Å². The molecule has 1 aromatic carbocycles. The van der Waals surface area contributed by atoms with Gasteiger partial charge in [0.25, 0.3) is 0 Å². The Bertz CT molecular complexity index is 602. The highest BCUT2D eigenvalue weighted by Gasteiger charge is 2.17. The van der Waals surface area contributed by atoms with E-state index in [9.17, 15) is 13.2 Å². The van der Waals surface area contributed by atoms with Crippen LogP contribution in [0.5, 0.6) is 0 Å². The number of hydrogen-bond donors (Lipinski definition) is 1. The summed E-state index contributed by atoms with van der Waals surface area (Å²) in [6.45, 7) is 1.62. The highest BCUT2D eigenvalue weighted by atomic mass is 32.2. The van der Waals surface area contributed by atoms with E-state index in [0.717, 1.165) is 0 Å². The zero-order valence-corrected chi connectivity index (χ0v) is 12.1. The van der Waals surface area contributed by atoms with Gasteiger partial charge in [-0.05, 0) is 24.6 Å². The zero-order valence-electron chi connectivity index (χ0n) is 11.3. The summed E-state index contributed by atoms with van der Waals surface area (Å²) in [5.41, 5.74) is 0.667. The van der Waals surface area contributed by atoms with Crippen LogP contribution >= 0.6 is 0 Å². The molecule has 0 radical (unpaired) electrons. The molecule has 0 aliphatic rings. The molecule has 108 valence electrons. The Balaban J connectivity index is 2.82. The fraction of sp³-hybridized carbons (Fsp3) is 0.385. The first kappa shape index (κ1) is 16.1. The maximum absolute atomic E-state index is 12.0. The molecule has 0 amide bonds. The van der Waals surface area contributed by atoms with E-state index in [4.69, 9.17) is 5.26 Å². The molecule has 0 bridgehead atoms.